The Kier molecular flexibility index (Phi) is 5.30. The molecule has 0 spiro atoms. The van der Waals surface area contributed by atoms with Crippen molar-refractivity contribution in [1.82, 2.24) is 9.47 Å². The van der Waals surface area contributed by atoms with Crippen LogP contribution in [0.25, 0.3) is 0 Å². The molecule has 1 aliphatic rings. The number of rotatable bonds is 3. The number of carbonyl (C=O) groups excluding carboxylic acids is 1. The van der Waals surface area contributed by atoms with Crippen LogP contribution < -0.4 is 10.9 Å². The van der Waals surface area contributed by atoms with Gasteiger partial charge >= 0.3 is 12.2 Å². The van der Waals surface area contributed by atoms with Crippen molar-refractivity contribution in [2.24, 2.45) is 0 Å². The number of alkyl halides is 3. The number of anilines is 1. The first-order valence-corrected chi connectivity index (χ1v) is 7.26. The predicted molar refractivity (Wildman–Crippen MR) is 77.2 cm³/mol. The largest absolute Gasteiger partial charge is 0.406 e. The molecule has 0 radical (unpaired) electrons. The van der Waals surface area contributed by atoms with E-state index in [1.54, 1.807) is 0 Å². The molecule has 0 saturated carbocycles. The highest BCUT2D eigenvalue weighted by Gasteiger charge is 2.29. The van der Waals surface area contributed by atoms with E-state index in [2.05, 4.69) is 5.32 Å². The van der Waals surface area contributed by atoms with E-state index in [-0.39, 0.29) is 18.3 Å². The van der Waals surface area contributed by atoms with E-state index in [0.717, 1.165) is 19.0 Å². The Morgan fingerprint density at radius 2 is 2.13 bits per heavy atom. The summed E-state index contributed by atoms with van der Waals surface area (Å²) in [5.74, 6) is 0. The van der Waals surface area contributed by atoms with Gasteiger partial charge in [-0.2, -0.15) is 13.2 Å². The second kappa shape index (κ2) is 7.03. The zero-order chi connectivity index (χ0) is 17.0. The Morgan fingerprint density at radius 3 is 2.78 bits per heavy atom. The summed E-state index contributed by atoms with van der Waals surface area (Å²) in [6, 6.07) is 1.59. The summed E-state index contributed by atoms with van der Waals surface area (Å²) in [7, 11) is 0. The van der Waals surface area contributed by atoms with Crippen LogP contribution in [0.3, 0.4) is 0 Å². The number of aromatic nitrogens is 1. The van der Waals surface area contributed by atoms with Gasteiger partial charge in [0.2, 0.25) is 0 Å². The van der Waals surface area contributed by atoms with Crippen molar-refractivity contribution in [1.29, 1.82) is 0 Å². The maximum Gasteiger partial charge on any atom is 0.406 e. The lowest BCUT2D eigenvalue weighted by molar-refractivity contribution is -0.141. The summed E-state index contributed by atoms with van der Waals surface area (Å²) in [6.45, 7) is -1.18. The fourth-order valence-corrected chi connectivity index (χ4v) is 2.59. The molecule has 0 aromatic carbocycles. The van der Waals surface area contributed by atoms with E-state index >= 15 is 0 Å². The topological polar surface area (TPSA) is 74.6 Å². The Balaban J connectivity index is 2.15. The molecule has 1 atom stereocenters. The van der Waals surface area contributed by atoms with Gasteiger partial charge in [0, 0.05) is 12.7 Å². The molecule has 0 aliphatic carbocycles. The van der Waals surface area contributed by atoms with Crippen LogP contribution in [0, 0.1) is 0 Å². The first-order chi connectivity index (χ1) is 10.8. The number of likely N-dealkylation sites (tertiary alicyclic amines) is 1. The molecule has 1 aliphatic heterocycles. The molecule has 0 unspecified atom stereocenters. The normalized spacial score (nSPS) is 18.8. The maximum atomic E-state index is 12.4. The first-order valence-electron chi connectivity index (χ1n) is 7.26. The summed E-state index contributed by atoms with van der Waals surface area (Å²) >= 11 is 0. The number of nitrogens with zero attached hydrogens (tertiary/aromatic N) is 2. The third-order valence-electron chi connectivity index (χ3n) is 3.71. The molecule has 2 N–H and O–H groups in total. The average Bonchev–Trinajstić information content (AvgIpc) is 2.50. The molecule has 2 heterocycles. The zero-order valence-electron chi connectivity index (χ0n) is 12.3. The van der Waals surface area contributed by atoms with Crippen LogP contribution >= 0.6 is 0 Å². The number of hydrogen-bond donors (Lipinski definition) is 2. The third kappa shape index (κ3) is 4.47. The minimum absolute atomic E-state index is 0.194. The van der Waals surface area contributed by atoms with Gasteiger partial charge in [-0.1, -0.05) is 0 Å². The predicted octanol–water partition coefficient (Wildman–Crippen LogP) is 1.79. The number of aliphatic hydroxyl groups excluding tert-OH is 1. The lowest BCUT2D eigenvalue weighted by Gasteiger charge is -2.34. The molecule has 23 heavy (non-hydrogen) atoms. The van der Waals surface area contributed by atoms with Gasteiger partial charge in [0.1, 0.15) is 12.2 Å². The lowest BCUT2D eigenvalue weighted by Crippen LogP contribution is -2.48. The number of carbonyl (C=O) groups is 1. The summed E-state index contributed by atoms with van der Waals surface area (Å²) in [5, 5.41) is 11.6. The number of pyridine rings is 1. The first kappa shape index (κ1) is 17.3. The quantitative estimate of drug-likeness (QED) is 0.886. The van der Waals surface area contributed by atoms with Crippen LogP contribution in [-0.2, 0) is 6.54 Å². The molecule has 0 bridgehead atoms. The molecular weight excluding hydrogens is 315 g/mol. The number of urea groups is 1. The number of halogens is 3. The van der Waals surface area contributed by atoms with Crippen molar-refractivity contribution < 1.29 is 23.1 Å². The number of hydrogen-bond acceptors (Lipinski definition) is 3. The Morgan fingerprint density at radius 1 is 1.39 bits per heavy atom. The van der Waals surface area contributed by atoms with E-state index in [1.807, 2.05) is 0 Å². The summed E-state index contributed by atoms with van der Waals surface area (Å²) in [4.78, 5) is 25.6. The van der Waals surface area contributed by atoms with Crippen LogP contribution in [0.2, 0.25) is 0 Å². The van der Waals surface area contributed by atoms with Crippen molar-refractivity contribution in [2.45, 2.75) is 38.0 Å². The lowest BCUT2D eigenvalue weighted by atomic mass is 10.0. The van der Waals surface area contributed by atoms with Gasteiger partial charge < -0.3 is 19.9 Å². The molecule has 1 aromatic heterocycles. The minimum Gasteiger partial charge on any atom is -0.394 e. The summed E-state index contributed by atoms with van der Waals surface area (Å²) < 4.78 is 37.8. The van der Waals surface area contributed by atoms with E-state index in [4.69, 9.17) is 0 Å². The van der Waals surface area contributed by atoms with E-state index in [9.17, 15) is 27.9 Å². The fourth-order valence-electron chi connectivity index (χ4n) is 2.59. The Bertz CT molecular complexity index is 615. The van der Waals surface area contributed by atoms with Gasteiger partial charge in [0.05, 0.1) is 12.6 Å². The highest BCUT2D eigenvalue weighted by atomic mass is 19.4. The highest BCUT2D eigenvalue weighted by Crippen LogP contribution is 2.18. The smallest absolute Gasteiger partial charge is 0.394 e. The van der Waals surface area contributed by atoms with E-state index < -0.39 is 24.3 Å². The second-order valence-corrected chi connectivity index (χ2v) is 5.43. The number of amides is 2. The van der Waals surface area contributed by atoms with E-state index in [0.29, 0.717) is 17.5 Å². The third-order valence-corrected chi connectivity index (χ3v) is 3.71. The molecule has 9 heteroatoms. The molecule has 6 nitrogen and oxygen atoms in total. The van der Waals surface area contributed by atoms with Crippen molar-refractivity contribution in [3.05, 3.63) is 28.7 Å². The van der Waals surface area contributed by atoms with Gasteiger partial charge in [-0.25, -0.2) is 4.79 Å². The number of nitrogens with one attached hydrogen (secondary N) is 1. The van der Waals surface area contributed by atoms with Crippen molar-refractivity contribution >= 4 is 11.7 Å². The molecular formula is C14H18F3N3O3. The van der Waals surface area contributed by atoms with Crippen molar-refractivity contribution in [2.75, 3.05) is 18.5 Å². The van der Waals surface area contributed by atoms with Crippen LogP contribution in [0.1, 0.15) is 19.3 Å². The highest BCUT2D eigenvalue weighted by molar-refractivity contribution is 5.89. The van der Waals surface area contributed by atoms with Crippen molar-refractivity contribution in [3.8, 4) is 0 Å². The number of aliphatic hydroxyl groups is 1. The Hall–Kier alpha value is -2.03. The van der Waals surface area contributed by atoms with Crippen LogP contribution in [0.15, 0.2) is 23.1 Å². The molecule has 1 fully saturated rings. The fraction of sp³-hybridized carbons (Fsp3) is 0.571. The van der Waals surface area contributed by atoms with Crippen LogP contribution in [0.5, 0.6) is 0 Å². The standard InChI is InChI=1S/C14H18F3N3O3/c15-14(16,17)9-19-6-3-5-11(12(19)22)18-13(23)20-7-2-1-4-10(20)8-21/h3,5-6,10,21H,1-2,4,7-9H2,(H,18,23)/t10-/m1/s1. The minimum atomic E-state index is -4.53. The van der Waals surface area contributed by atoms with Gasteiger partial charge in [-0.3, -0.25) is 4.79 Å². The summed E-state index contributed by atoms with van der Waals surface area (Å²) in [6.07, 6.45) is -1.20. The van der Waals surface area contributed by atoms with Crippen LogP contribution in [0.4, 0.5) is 23.7 Å². The molecule has 1 saturated heterocycles. The van der Waals surface area contributed by atoms with E-state index in [1.165, 1.54) is 17.0 Å². The van der Waals surface area contributed by atoms with Crippen LogP contribution in [-0.4, -0.2) is 46.0 Å². The van der Waals surface area contributed by atoms with Gasteiger partial charge in [-0.15, -0.1) is 0 Å². The SMILES string of the molecule is O=C(Nc1cccn(CC(F)(F)F)c1=O)N1CCCC[C@@H]1CO. The van der Waals surface area contributed by atoms with Gasteiger partial charge in [-0.05, 0) is 31.4 Å². The average molecular weight is 333 g/mol. The van der Waals surface area contributed by atoms with Gasteiger partial charge in [0.25, 0.3) is 5.56 Å². The number of piperidine rings is 1. The maximum absolute atomic E-state index is 12.4. The second-order valence-electron chi connectivity index (χ2n) is 5.43. The summed E-state index contributed by atoms with van der Waals surface area (Å²) in [5.41, 5.74) is -1.14. The van der Waals surface area contributed by atoms with Gasteiger partial charge in [0.15, 0.2) is 0 Å². The zero-order valence-corrected chi connectivity index (χ0v) is 12.3. The molecule has 1 aromatic rings. The molecule has 2 rings (SSSR count). The Labute approximate surface area is 130 Å². The monoisotopic (exact) mass is 333 g/mol. The van der Waals surface area contributed by atoms with Crippen molar-refractivity contribution in [3.63, 3.8) is 0 Å². The molecule has 128 valence electrons. The molecule has 2 amide bonds.